The Kier molecular flexibility index (Phi) is 6.31. The van der Waals surface area contributed by atoms with Crippen molar-refractivity contribution in [3.8, 4) is 11.8 Å². The van der Waals surface area contributed by atoms with Gasteiger partial charge in [-0.2, -0.15) is 5.26 Å². The van der Waals surface area contributed by atoms with Crippen LogP contribution in [0.4, 0.5) is 10.1 Å². The third-order valence-electron chi connectivity index (χ3n) is 3.87. The Balaban J connectivity index is 1.60. The van der Waals surface area contributed by atoms with Gasteiger partial charge in [0.05, 0.1) is 16.5 Å². The highest BCUT2D eigenvalue weighted by Gasteiger charge is 2.20. The number of thioether (sulfide) groups is 1. The van der Waals surface area contributed by atoms with Gasteiger partial charge in [0.1, 0.15) is 24.2 Å². The summed E-state index contributed by atoms with van der Waals surface area (Å²) in [6, 6.07) is 14.3. The highest BCUT2D eigenvalue weighted by Crippen LogP contribution is 2.23. The molecule has 3 N–H and O–H groups in total. The van der Waals surface area contributed by atoms with Crippen molar-refractivity contribution in [3.63, 3.8) is 0 Å². The molecule has 0 saturated heterocycles. The Morgan fingerprint density at radius 1 is 1.31 bits per heavy atom. The van der Waals surface area contributed by atoms with Gasteiger partial charge in [-0.1, -0.05) is 23.9 Å². The number of nitrogens with one attached hydrogen (secondary N) is 1. The van der Waals surface area contributed by atoms with Crippen molar-refractivity contribution < 1.29 is 13.9 Å². The average molecular weight is 412 g/mol. The van der Waals surface area contributed by atoms with E-state index in [0.717, 1.165) is 11.8 Å². The first kappa shape index (κ1) is 20.2. The van der Waals surface area contributed by atoms with E-state index in [-0.39, 0.29) is 18.3 Å². The predicted molar refractivity (Wildman–Crippen MR) is 106 cm³/mol. The summed E-state index contributed by atoms with van der Waals surface area (Å²) in [6.07, 6.45) is 0. The minimum absolute atomic E-state index is 0.0335. The Hall–Kier alpha value is -3.58. The zero-order valence-electron chi connectivity index (χ0n) is 15.4. The summed E-state index contributed by atoms with van der Waals surface area (Å²) in [4.78, 5) is 12.4. The van der Waals surface area contributed by atoms with Crippen LogP contribution in [0.25, 0.3) is 0 Å². The molecule has 1 amide bonds. The first-order chi connectivity index (χ1) is 14.0. The normalized spacial score (nSPS) is 11.5. The molecule has 0 radical (unpaired) electrons. The molecule has 10 heteroatoms. The smallest absolute Gasteiger partial charge is 0.237 e. The summed E-state index contributed by atoms with van der Waals surface area (Å²) in [6.45, 7) is 1.73. The summed E-state index contributed by atoms with van der Waals surface area (Å²) in [7, 11) is 0. The Bertz CT molecular complexity index is 1050. The second-order valence-electron chi connectivity index (χ2n) is 5.92. The highest BCUT2D eigenvalue weighted by atomic mass is 32.2. The number of hydrogen-bond acceptors (Lipinski definition) is 7. The molecule has 0 aliphatic rings. The largest absolute Gasteiger partial charge is 0.486 e. The highest BCUT2D eigenvalue weighted by molar-refractivity contribution is 8.00. The maximum atomic E-state index is 12.9. The number of nitrogen functional groups attached to an aromatic ring is 1. The third-order valence-corrected chi connectivity index (χ3v) is 4.93. The van der Waals surface area contributed by atoms with Crippen LogP contribution in [0, 0.1) is 17.1 Å². The van der Waals surface area contributed by atoms with E-state index < -0.39 is 5.25 Å². The first-order valence-electron chi connectivity index (χ1n) is 8.52. The van der Waals surface area contributed by atoms with Gasteiger partial charge in [0.2, 0.25) is 11.1 Å². The number of benzene rings is 2. The molecule has 3 rings (SSSR count). The van der Waals surface area contributed by atoms with Crippen molar-refractivity contribution in [3.05, 3.63) is 65.7 Å². The number of carbonyl (C=O) groups excluding carboxylic acids is 1. The number of hydrogen-bond donors (Lipinski definition) is 2. The van der Waals surface area contributed by atoms with E-state index in [4.69, 9.17) is 15.8 Å². The quantitative estimate of drug-likeness (QED) is 0.452. The van der Waals surface area contributed by atoms with Gasteiger partial charge in [0.25, 0.3) is 0 Å². The molecule has 0 saturated carbocycles. The number of nitrogens with zero attached hydrogens (tertiary/aromatic N) is 4. The number of amides is 1. The van der Waals surface area contributed by atoms with Gasteiger partial charge in [-0.25, -0.2) is 9.07 Å². The molecular weight excluding hydrogens is 395 g/mol. The molecule has 148 valence electrons. The number of nitriles is 1. The summed E-state index contributed by atoms with van der Waals surface area (Å²) in [5.74, 6) is 6.15. The first-order valence-corrected chi connectivity index (χ1v) is 9.40. The van der Waals surface area contributed by atoms with Crippen molar-refractivity contribution in [2.45, 2.75) is 23.9 Å². The third kappa shape index (κ3) is 5.03. The van der Waals surface area contributed by atoms with E-state index >= 15 is 0 Å². The molecule has 0 aliphatic carbocycles. The zero-order valence-corrected chi connectivity index (χ0v) is 16.2. The van der Waals surface area contributed by atoms with Crippen LogP contribution in [0.15, 0.2) is 53.7 Å². The van der Waals surface area contributed by atoms with Crippen LogP contribution in [0.5, 0.6) is 5.75 Å². The molecule has 0 unspecified atom stereocenters. The minimum Gasteiger partial charge on any atom is -0.486 e. The number of rotatable bonds is 7. The molecule has 0 bridgehead atoms. The predicted octanol–water partition coefficient (Wildman–Crippen LogP) is 2.70. The van der Waals surface area contributed by atoms with Gasteiger partial charge in [-0.15, -0.1) is 10.2 Å². The molecule has 0 aliphatic heterocycles. The molecule has 0 fully saturated rings. The Morgan fingerprint density at radius 2 is 2.03 bits per heavy atom. The van der Waals surface area contributed by atoms with E-state index in [1.54, 1.807) is 31.2 Å². The molecule has 8 nitrogen and oxygen atoms in total. The van der Waals surface area contributed by atoms with Crippen LogP contribution in [0.1, 0.15) is 18.3 Å². The second kappa shape index (κ2) is 9.07. The van der Waals surface area contributed by atoms with Crippen LogP contribution in [-0.4, -0.2) is 26.0 Å². The number of halogens is 1. The van der Waals surface area contributed by atoms with Crippen molar-refractivity contribution >= 4 is 23.4 Å². The standard InChI is InChI=1S/C19H17FN6O2S/c1-12(18(27)23-16-5-3-2-4-13(16)10-21)29-19-25-24-17(26(19)22)11-28-15-8-6-14(20)7-9-15/h2-9,12H,11,22H2,1H3,(H,23,27)/t12-/m1/s1. The topological polar surface area (TPSA) is 119 Å². The molecular formula is C19H17FN6O2S. The SMILES string of the molecule is C[C@@H](Sc1nnc(COc2ccc(F)cc2)n1N)C(=O)Nc1ccccc1C#N. The van der Waals surface area contributed by atoms with Crippen LogP contribution in [0.3, 0.4) is 0 Å². The molecule has 0 spiro atoms. The van der Waals surface area contributed by atoms with Crippen LogP contribution in [0.2, 0.25) is 0 Å². The molecule has 3 aromatic rings. The second-order valence-corrected chi connectivity index (χ2v) is 7.23. The van der Waals surface area contributed by atoms with Crippen molar-refractivity contribution in [1.29, 1.82) is 5.26 Å². The van der Waals surface area contributed by atoms with Crippen LogP contribution < -0.4 is 15.9 Å². The van der Waals surface area contributed by atoms with Crippen LogP contribution in [-0.2, 0) is 11.4 Å². The molecule has 1 atom stereocenters. The number of ether oxygens (including phenoxy) is 1. The van der Waals surface area contributed by atoms with E-state index in [0.29, 0.717) is 28.0 Å². The fourth-order valence-corrected chi connectivity index (χ4v) is 3.09. The lowest BCUT2D eigenvalue weighted by Gasteiger charge is -2.12. The van der Waals surface area contributed by atoms with Gasteiger partial charge in [0.15, 0.2) is 5.82 Å². The van der Waals surface area contributed by atoms with Crippen molar-refractivity contribution in [2.75, 3.05) is 11.2 Å². The van der Waals surface area contributed by atoms with Gasteiger partial charge in [0, 0.05) is 0 Å². The Morgan fingerprint density at radius 3 is 2.76 bits per heavy atom. The zero-order chi connectivity index (χ0) is 20.8. The molecule has 2 aromatic carbocycles. The van der Waals surface area contributed by atoms with E-state index in [1.165, 1.54) is 28.9 Å². The van der Waals surface area contributed by atoms with Crippen molar-refractivity contribution in [2.24, 2.45) is 0 Å². The fraction of sp³-hybridized carbons (Fsp3) is 0.158. The maximum Gasteiger partial charge on any atom is 0.237 e. The average Bonchev–Trinajstić information content (AvgIpc) is 3.07. The summed E-state index contributed by atoms with van der Waals surface area (Å²) in [5, 5.41) is 19.6. The summed E-state index contributed by atoms with van der Waals surface area (Å²) >= 11 is 1.12. The van der Waals surface area contributed by atoms with Crippen molar-refractivity contribution in [1.82, 2.24) is 14.9 Å². The van der Waals surface area contributed by atoms with Gasteiger partial charge < -0.3 is 15.9 Å². The van der Waals surface area contributed by atoms with Gasteiger partial charge in [-0.3, -0.25) is 4.79 Å². The van der Waals surface area contributed by atoms with Gasteiger partial charge in [-0.05, 0) is 43.3 Å². The summed E-state index contributed by atoms with van der Waals surface area (Å²) < 4.78 is 19.7. The minimum atomic E-state index is -0.542. The molecule has 1 heterocycles. The lowest BCUT2D eigenvalue weighted by atomic mass is 10.2. The van der Waals surface area contributed by atoms with E-state index in [1.807, 2.05) is 6.07 Å². The number of nitrogens with two attached hydrogens (primary N) is 1. The van der Waals surface area contributed by atoms with E-state index in [9.17, 15) is 9.18 Å². The lowest BCUT2D eigenvalue weighted by molar-refractivity contribution is -0.115. The number of carbonyl (C=O) groups is 1. The van der Waals surface area contributed by atoms with E-state index in [2.05, 4.69) is 15.5 Å². The van der Waals surface area contributed by atoms with Crippen LogP contribution >= 0.6 is 11.8 Å². The lowest BCUT2D eigenvalue weighted by Crippen LogP contribution is -2.24. The summed E-state index contributed by atoms with van der Waals surface area (Å²) in [5.41, 5.74) is 0.815. The number of aromatic nitrogens is 3. The van der Waals surface area contributed by atoms with Gasteiger partial charge >= 0.3 is 0 Å². The number of anilines is 1. The molecule has 1 aromatic heterocycles. The monoisotopic (exact) mass is 412 g/mol. The Labute approximate surface area is 170 Å². The maximum absolute atomic E-state index is 12.9. The fourth-order valence-electron chi connectivity index (χ4n) is 2.30. The molecule has 29 heavy (non-hydrogen) atoms. The number of para-hydroxylation sites is 1.